The Morgan fingerprint density at radius 2 is 1.23 bits per heavy atom. The van der Waals surface area contributed by atoms with Crippen molar-refractivity contribution >= 4 is 67.2 Å². The molecule has 5 nitrogen and oxygen atoms in total. The van der Waals surface area contributed by atoms with Crippen molar-refractivity contribution in [2.24, 2.45) is 0 Å². The number of hydrogen-bond acceptors (Lipinski definition) is 5. The third kappa shape index (κ3) is 7.89. The molecule has 2 aliphatic carbocycles. The average Bonchev–Trinajstić information content (AvgIpc) is 4.09. The third-order valence-corrected chi connectivity index (χ3v) is 12.5. The summed E-state index contributed by atoms with van der Waals surface area (Å²) in [6, 6.07) is 41.9. The summed E-state index contributed by atoms with van der Waals surface area (Å²) < 4.78 is 2.25. The van der Waals surface area contributed by atoms with Crippen LogP contribution in [0, 0.1) is 39.5 Å². The van der Waals surface area contributed by atoms with Crippen LogP contribution in [0.4, 0.5) is 27.8 Å². The molecular weight excluding hydrogens is 775 g/mol. The topological polar surface area (TPSA) is 59.3 Å². The molecule has 0 radical (unpaired) electrons. The summed E-state index contributed by atoms with van der Waals surface area (Å²) in [6.45, 7) is 8.37. The number of hydrogen-bond donors (Lipinski definition) is 2. The minimum atomic E-state index is -0.187. The first-order valence-electron chi connectivity index (χ1n) is 19.7. The summed E-state index contributed by atoms with van der Waals surface area (Å²) >= 11 is 3.25. The van der Waals surface area contributed by atoms with E-state index in [4.69, 9.17) is 0 Å². The highest BCUT2D eigenvalue weighted by molar-refractivity contribution is 8.18. The summed E-state index contributed by atoms with van der Waals surface area (Å²) in [5.74, 6) is 6.32. The number of anilines is 3. The highest BCUT2D eigenvalue weighted by atomic mass is 32.2. The van der Waals surface area contributed by atoms with Crippen molar-refractivity contribution in [3.63, 3.8) is 0 Å². The lowest BCUT2D eigenvalue weighted by Crippen LogP contribution is -2.22. The largest absolute Gasteiger partial charge is 0.506 e. The molecule has 0 spiro atoms. The summed E-state index contributed by atoms with van der Waals surface area (Å²) in [4.78, 5) is 20.8. The van der Waals surface area contributed by atoms with Gasteiger partial charge in [0.2, 0.25) is 17.2 Å². The number of allylic oxidation sites excluding steroid dienone is 7. The van der Waals surface area contributed by atoms with Crippen molar-refractivity contribution in [3.8, 4) is 11.8 Å². The SMILES string of the molecule is Cc1ccc(N(c2ccc(C)cc2)c2ccc(C#Cc3ccc(C4=C(O)C(=C5C=CC(=C=C=C6C=CC(=[N+](c7ccc(C)cc7)c7ccc(C)cc7)S6)C5)C4=O)[nH]3)s2)cc1. The molecule has 0 saturated heterocycles. The fraction of sp³-hybridized carbons (Fsp3) is 0.0943. The van der Waals surface area contributed by atoms with E-state index in [9.17, 15) is 9.90 Å². The maximum atomic E-state index is 13.5. The Hall–Kier alpha value is -7.03. The van der Waals surface area contributed by atoms with Gasteiger partial charge in [-0.15, -0.1) is 15.9 Å². The summed E-state index contributed by atoms with van der Waals surface area (Å²) in [5.41, 5.74) is 19.3. The quantitative estimate of drug-likeness (QED) is 0.0761. The summed E-state index contributed by atoms with van der Waals surface area (Å²) in [7, 11) is 0. The van der Waals surface area contributed by atoms with Gasteiger partial charge in [-0.2, -0.15) is 0 Å². The first-order chi connectivity index (χ1) is 29.2. The Morgan fingerprint density at radius 3 is 1.83 bits per heavy atom. The molecule has 0 unspecified atom stereocenters. The molecular formula is C53H40N3O2S2+. The second-order valence-corrected chi connectivity index (χ2v) is 17.2. The predicted molar refractivity (Wildman–Crippen MR) is 250 cm³/mol. The van der Waals surface area contributed by atoms with Crippen molar-refractivity contribution in [1.82, 2.24) is 9.56 Å². The second kappa shape index (κ2) is 16.3. The van der Waals surface area contributed by atoms with Gasteiger partial charge in [0.1, 0.15) is 10.8 Å². The molecule has 6 aromatic rings. The number of rotatable bonds is 6. The van der Waals surface area contributed by atoms with E-state index in [-0.39, 0.29) is 17.1 Å². The number of ketones is 1. The number of thioether (sulfide) groups is 1. The Morgan fingerprint density at radius 1 is 0.633 bits per heavy atom. The number of benzene rings is 4. The minimum Gasteiger partial charge on any atom is -0.506 e. The number of aryl methyl sites for hydroxylation is 4. The molecule has 1 aliphatic heterocycles. The summed E-state index contributed by atoms with van der Waals surface area (Å²) in [6.07, 6.45) is 8.47. The molecule has 0 amide bonds. The number of aromatic amines is 1. The van der Waals surface area contributed by atoms with Crippen LogP contribution in [0.5, 0.6) is 0 Å². The van der Waals surface area contributed by atoms with Gasteiger partial charge in [-0.25, -0.2) is 0 Å². The monoisotopic (exact) mass is 814 g/mol. The molecule has 2 N–H and O–H groups in total. The zero-order valence-electron chi connectivity index (χ0n) is 33.6. The molecule has 0 bridgehead atoms. The van der Waals surface area contributed by atoms with E-state index in [0.29, 0.717) is 23.4 Å². The minimum absolute atomic E-state index is 0.000575. The van der Waals surface area contributed by atoms with Gasteiger partial charge < -0.3 is 15.0 Å². The number of nitrogens with one attached hydrogen (secondary N) is 1. The average molecular weight is 815 g/mol. The van der Waals surface area contributed by atoms with Gasteiger partial charge in [0.05, 0.1) is 32.3 Å². The van der Waals surface area contributed by atoms with Gasteiger partial charge in [0.25, 0.3) is 5.04 Å². The number of aromatic nitrogens is 1. The molecule has 9 rings (SSSR count). The highest BCUT2D eigenvalue weighted by Crippen LogP contribution is 2.42. The van der Waals surface area contributed by atoms with Crippen LogP contribution in [0.15, 0.2) is 184 Å². The zero-order chi connectivity index (χ0) is 41.3. The van der Waals surface area contributed by atoms with Crippen molar-refractivity contribution in [2.45, 2.75) is 34.1 Å². The maximum Gasteiger partial charge on any atom is 0.251 e. The summed E-state index contributed by atoms with van der Waals surface area (Å²) in [5, 5.41) is 13.3. The van der Waals surface area contributed by atoms with E-state index < -0.39 is 0 Å². The van der Waals surface area contributed by atoms with Crippen LogP contribution in [0.1, 0.15) is 44.9 Å². The molecule has 0 fully saturated rings. The number of nitrogens with zero attached hydrogens (tertiary/aromatic N) is 2. The number of aliphatic hydroxyl groups is 1. The van der Waals surface area contributed by atoms with Crippen molar-refractivity contribution in [1.29, 1.82) is 0 Å². The van der Waals surface area contributed by atoms with E-state index in [1.807, 2.05) is 24.3 Å². The fourth-order valence-corrected chi connectivity index (χ4v) is 9.03. The first kappa shape index (κ1) is 38.5. The number of aliphatic hydroxyl groups excluding tert-OH is 1. The molecule has 3 heterocycles. The van der Waals surface area contributed by atoms with Crippen LogP contribution < -0.4 is 9.48 Å². The zero-order valence-corrected chi connectivity index (χ0v) is 35.3. The van der Waals surface area contributed by atoms with E-state index in [0.717, 1.165) is 53.7 Å². The normalized spacial score (nSPS) is 15.5. The standard InChI is InChI=1S/C53H39N3O2S2/c1-34-5-18-41(19-6-34)55(42-20-7-35(2)8-21-42)48-31-28-45(59-48)26-14-38-13-15-39(33-38)50-52(57)51(53(50)58)47-30-17-40(54-47)16-27-46-29-32-49(60-46)56(43-22-9-36(3)10-23-43)44-24-11-37(4)12-25-44/h5-13,15,17-25,28-32H,33H2,1-4H3,(H,57,58)/p+1. The lowest BCUT2D eigenvalue weighted by Gasteiger charge is -2.23. The van der Waals surface area contributed by atoms with Crippen molar-refractivity contribution in [3.05, 3.63) is 223 Å². The number of carbonyl (C=O) groups excluding carboxylic acids is 1. The molecule has 2 aromatic heterocycles. The van der Waals surface area contributed by atoms with Crippen LogP contribution >= 0.6 is 23.1 Å². The van der Waals surface area contributed by atoms with Crippen LogP contribution in [0.25, 0.3) is 5.57 Å². The van der Waals surface area contributed by atoms with E-state index in [1.165, 1.54) is 22.3 Å². The first-order valence-corrected chi connectivity index (χ1v) is 21.4. The number of carbonyl (C=O) groups is 1. The van der Waals surface area contributed by atoms with Crippen LogP contribution in [0.2, 0.25) is 0 Å². The highest BCUT2D eigenvalue weighted by Gasteiger charge is 2.38. The molecule has 60 heavy (non-hydrogen) atoms. The number of H-pyrrole nitrogens is 1. The molecule has 7 heteroatoms. The van der Waals surface area contributed by atoms with Crippen LogP contribution in [-0.4, -0.2) is 20.9 Å². The van der Waals surface area contributed by atoms with E-state index >= 15 is 0 Å². The van der Waals surface area contributed by atoms with E-state index in [2.05, 4.69) is 181 Å². The Labute approximate surface area is 358 Å². The number of Topliss-reactive ketones (excluding diaryl/α,β-unsaturated/α-hetero) is 1. The Balaban J connectivity index is 0.914. The van der Waals surface area contributed by atoms with E-state index in [1.54, 1.807) is 29.2 Å². The van der Waals surface area contributed by atoms with Crippen LogP contribution in [0.3, 0.4) is 0 Å². The Bertz CT molecular complexity index is 2940. The smallest absolute Gasteiger partial charge is 0.251 e. The molecule has 0 atom stereocenters. The van der Waals surface area contributed by atoms with Gasteiger partial charge in [-0.1, -0.05) is 88.3 Å². The van der Waals surface area contributed by atoms with Crippen LogP contribution in [-0.2, 0) is 4.79 Å². The van der Waals surface area contributed by atoms with Gasteiger partial charge in [-0.05, 0) is 118 Å². The fourth-order valence-electron chi connectivity index (χ4n) is 7.23. The third-order valence-electron chi connectivity index (χ3n) is 10.5. The van der Waals surface area contributed by atoms with Gasteiger partial charge in [-0.3, -0.25) is 4.79 Å². The lowest BCUT2D eigenvalue weighted by molar-refractivity contribution is -0.111. The lowest BCUT2D eigenvalue weighted by atomic mass is 9.82. The van der Waals surface area contributed by atoms with Gasteiger partial charge >= 0.3 is 0 Å². The van der Waals surface area contributed by atoms with Crippen molar-refractivity contribution < 1.29 is 9.90 Å². The molecule has 0 saturated carbocycles. The van der Waals surface area contributed by atoms with Gasteiger partial charge in [0.15, 0.2) is 0 Å². The van der Waals surface area contributed by atoms with Crippen molar-refractivity contribution in [2.75, 3.05) is 4.90 Å². The molecule has 290 valence electrons. The predicted octanol–water partition coefficient (Wildman–Crippen LogP) is 13.1. The van der Waals surface area contributed by atoms with Gasteiger partial charge in [0, 0.05) is 53.7 Å². The maximum absolute atomic E-state index is 13.5. The Kier molecular flexibility index (Phi) is 10.5. The second-order valence-electron chi connectivity index (χ2n) is 15.1. The number of thiophene rings is 1. The molecule has 3 aliphatic rings. The molecule has 4 aromatic carbocycles.